The number of nitrogens with one attached hydrogen (secondary N) is 1. The minimum Gasteiger partial charge on any atom is -0.271 e. The van der Waals surface area contributed by atoms with E-state index in [0.29, 0.717) is 15.4 Å². The Morgan fingerprint density at radius 1 is 1.61 bits per heavy atom. The van der Waals surface area contributed by atoms with Gasteiger partial charge in [0.15, 0.2) is 5.82 Å². The monoisotopic (exact) mass is 369 g/mol. The van der Waals surface area contributed by atoms with Crippen molar-refractivity contribution in [3.63, 3.8) is 0 Å². The number of hydrogen-bond acceptors (Lipinski definition) is 4. The Bertz CT molecular complexity index is 646. The molecule has 2 heterocycles. The third-order valence-corrected chi connectivity index (χ3v) is 6.39. The van der Waals surface area contributed by atoms with E-state index in [9.17, 15) is 8.42 Å². The highest BCUT2D eigenvalue weighted by molar-refractivity contribution is 9.11. The van der Waals surface area contributed by atoms with Crippen LogP contribution in [0.3, 0.4) is 0 Å². The molecule has 2 rings (SSSR count). The van der Waals surface area contributed by atoms with Gasteiger partial charge in [0, 0.05) is 18.8 Å². The molecule has 0 saturated carbocycles. The van der Waals surface area contributed by atoms with Gasteiger partial charge >= 0.3 is 0 Å². The van der Waals surface area contributed by atoms with Crippen molar-refractivity contribution in [1.29, 1.82) is 0 Å². The van der Waals surface area contributed by atoms with E-state index >= 15 is 0 Å². The second-order valence-corrected chi connectivity index (χ2v) is 8.04. The molecule has 9 heteroatoms. The van der Waals surface area contributed by atoms with Gasteiger partial charge in [0.2, 0.25) is 0 Å². The third-order valence-electron chi connectivity index (χ3n) is 2.09. The lowest BCUT2D eigenvalue weighted by Gasteiger charge is -2.02. The molecule has 98 valence electrons. The first-order chi connectivity index (χ1) is 8.42. The summed E-state index contributed by atoms with van der Waals surface area (Å²) in [6, 6.07) is 3.00. The topological polar surface area (TPSA) is 64.0 Å². The Morgan fingerprint density at radius 2 is 2.33 bits per heavy atom. The number of nitrogens with zero attached hydrogens (tertiary/aromatic N) is 2. The van der Waals surface area contributed by atoms with Gasteiger partial charge in [0.1, 0.15) is 4.21 Å². The Balaban J connectivity index is 2.26. The van der Waals surface area contributed by atoms with E-state index in [-0.39, 0.29) is 10.0 Å². The molecule has 0 radical (unpaired) electrons. The summed E-state index contributed by atoms with van der Waals surface area (Å²) in [4.78, 5) is 0. The highest BCUT2D eigenvalue weighted by Gasteiger charge is 2.20. The maximum atomic E-state index is 12.0. The van der Waals surface area contributed by atoms with Gasteiger partial charge in [-0.3, -0.25) is 9.40 Å². The summed E-state index contributed by atoms with van der Waals surface area (Å²) < 4.78 is 28.8. The van der Waals surface area contributed by atoms with E-state index in [4.69, 9.17) is 11.6 Å². The predicted molar refractivity (Wildman–Crippen MR) is 75.7 cm³/mol. The van der Waals surface area contributed by atoms with Crippen LogP contribution in [0.4, 0.5) is 5.82 Å². The summed E-state index contributed by atoms with van der Waals surface area (Å²) >= 11 is 10.1. The molecule has 2 aromatic heterocycles. The molecule has 0 aliphatic rings. The van der Waals surface area contributed by atoms with Gasteiger partial charge in [0.05, 0.1) is 8.81 Å². The van der Waals surface area contributed by atoms with Crippen LogP contribution in [-0.2, 0) is 16.6 Å². The zero-order valence-electron chi connectivity index (χ0n) is 9.22. The predicted octanol–water partition coefficient (Wildman–Crippen LogP) is 3.18. The molecule has 0 amide bonds. The van der Waals surface area contributed by atoms with Crippen LogP contribution in [0, 0.1) is 0 Å². The molecule has 0 unspecified atom stereocenters. The zero-order chi connectivity index (χ0) is 13.3. The standard InChI is InChI=1S/C9H9BrClN3O2S2/c1-2-14-4-3-7(12-14)13-18(15,16)8-5-6(11)9(10)17-8/h3-5H,2H2,1H3,(H,12,13). The number of sulfonamides is 1. The molecule has 0 bridgehead atoms. The van der Waals surface area contributed by atoms with Gasteiger partial charge in [-0.15, -0.1) is 11.3 Å². The summed E-state index contributed by atoms with van der Waals surface area (Å²) in [6.45, 7) is 2.60. The highest BCUT2D eigenvalue weighted by atomic mass is 79.9. The Hall–Kier alpha value is -0.570. The molecule has 1 N–H and O–H groups in total. The molecule has 0 aliphatic carbocycles. The molecule has 2 aromatic rings. The maximum absolute atomic E-state index is 12.0. The average molecular weight is 371 g/mol. The molecule has 0 spiro atoms. The number of rotatable bonds is 4. The van der Waals surface area contributed by atoms with Crippen molar-refractivity contribution in [3.8, 4) is 0 Å². The van der Waals surface area contributed by atoms with Crippen LogP contribution < -0.4 is 4.72 Å². The first-order valence-electron chi connectivity index (χ1n) is 4.93. The summed E-state index contributed by atoms with van der Waals surface area (Å²) in [5, 5.41) is 4.43. The Kier molecular flexibility index (Phi) is 4.00. The number of halogens is 2. The van der Waals surface area contributed by atoms with Gasteiger partial charge in [-0.1, -0.05) is 11.6 Å². The van der Waals surface area contributed by atoms with E-state index < -0.39 is 10.0 Å². The van der Waals surface area contributed by atoms with Crippen LogP contribution in [0.2, 0.25) is 5.02 Å². The molecule has 18 heavy (non-hydrogen) atoms. The van der Waals surface area contributed by atoms with Crippen LogP contribution in [0.15, 0.2) is 26.3 Å². The molecule has 0 fully saturated rings. The number of anilines is 1. The first-order valence-corrected chi connectivity index (χ1v) is 8.40. The van der Waals surface area contributed by atoms with Crippen molar-refractivity contribution in [3.05, 3.63) is 27.1 Å². The van der Waals surface area contributed by atoms with Gasteiger partial charge < -0.3 is 0 Å². The van der Waals surface area contributed by atoms with Crippen molar-refractivity contribution in [1.82, 2.24) is 9.78 Å². The second-order valence-electron chi connectivity index (χ2n) is 3.35. The van der Waals surface area contributed by atoms with Crippen molar-refractivity contribution in [2.75, 3.05) is 4.72 Å². The lowest BCUT2D eigenvalue weighted by molar-refractivity contribution is 0.602. The first kappa shape index (κ1) is 13.9. The fourth-order valence-corrected chi connectivity index (χ4v) is 4.63. The number of aromatic nitrogens is 2. The number of hydrogen-bond donors (Lipinski definition) is 1. The third kappa shape index (κ3) is 2.87. The zero-order valence-corrected chi connectivity index (χ0v) is 13.2. The van der Waals surface area contributed by atoms with Crippen molar-refractivity contribution in [2.45, 2.75) is 17.7 Å². The van der Waals surface area contributed by atoms with Crippen LogP contribution in [-0.4, -0.2) is 18.2 Å². The quantitative estimate of drug-likeness (QED) is 0.899. The summed E-state index contributed by atoms with van der Waals surface area (Å²) in [5.74, 6) is 0.289. The van der Waals surface area contributed by atoms with Gasteiger partial charge in [0.25, 0.3) is 10.0 Å². The number of aryl methyl sites for hydroxylation is 1. The van der Waals surface area contributed by atoms with E-state index in [1.165, 1.54) is 6.07 Å². The van der Waals surface area contributed by atoms with Crippen molar-refractivity contribution < 1.29 is 8.42 Å². The smallest absolute Gasteiger partial charge is 0.271 e. The summed E-state index contributed by atoms with van der Waals surface area (Å²) in [7, 11) is -3.63. The van der Waals surface area contributed by atoms with Gasteiger partial charge in [-0.25, -0.2) is 8.42 Å². The van der Waals surface area contributed by atoms with E-state index in [1.807, 2.05) is 6.92 Å². The molecular formula is C9H9BrClN3O2S2. The van der Waals surface area contributed by atoms with Gasteiger partial charge in [-0.05, 0) is 28.9 Å². The van der Waals surface area contributed by atoms with Crippen molar-refractivity contribution >= 4 is 54.7 Å². The largest absolute Gasteiger partial charge is 0.272 e. The fourth-order valence-electron chi connectivity index (χ4n) is 1.24. The van der Waals surface area contributed by atoms with Crippen molar-refractivity contribution in [2.24, 2.45) is 0 Å². The summed E-state index contributed by atoms with van der Waals surface area (Å²) in [6.07, 6.45) is 1.70. The molecular weight excluding hydrogens is 362 g/mol. The van der Waals surface area contributed by atoms with Crippen LogP contribution in [0.1, 0.15) is 6.92 Å². The molecule has 0 saturated heterocycles. The summed E-state index contributed by atoms with van der Waals surface area (Å²) in [5.41, 5.74) is 0. The van der Waals surface area contributed by atoms with E-state index in [1.54, 1.807) is 16.9 Å². The Labute approximate surface area is 122 Å². The Morgan fingerprint density at radius 3 is 2.83 bits per heavy atom. The van der Waals surface area contributed by atoms with Crippen LogP contribution >= 0.6 is 38.9 Å². The lowest BCUT2D eigenvalue weighted by atomic mass is 10.7. The normalized spacial score (nSPS) is 11.7. The van der Waals surface area contributed by atoms with Crippen LogP contribution in [0.5, 0.6) is 0 Å². The fraction of sp³-hybridized carbons (Fsp3) is 0.222. The van der Waals surface area contributed by atoms with E-state index in [0.717, 1.165) is 11.3 Å². The van der Waals surface area contributed by atoms with Crippen LogP contribution in [0.25, 0.3) is 0 Å². The molecule has 0 aromatic carbocycles. The molecule has 0 aliphatic heterocycles. The molecule has 0 atom stereocenters. The maximum Gasteiger partial charge on any atom is 0.272 e. The van der Waals surface area contributed by atoms with Gasteiger partial charge in [-0.2, -0.15) is 5.10 Å². The highest BCUT2D eigenvalue weighted by Crippen LogP contribution is 2.35. The average Bonchev–Trinajstić information content (AvgIpc) is 2.87. The second kappa shape index (κ2) is 5.20. The SMILES string of the molecule is CCn1ccc(NS(=O)(=O)c2cc(Cl)c(Br)s2)n1. The van der Waals surface area contributed by atoms with E-state index in [2.05, 4.69) is 25.8 Å². The molecule has 5 nitrogen and oxygen atoms in total. The lowest BCUT2D eigenvalue weighted by Crippen LogP contribution is -2.12. The minimum absolute atomic E-state index is 0.144. The number of thiophene rings is 1. The minimum atomic E-state index is -3.63.